The Balaban J connectivity index is 1.52. The summed E-state index contributed by atoms with van der Waals surface area (Å²) in [5, 5.41) is 9.02. The fourth-order valence-electron chi connectivity index (χ4n) is 5.13. The highest BCUT2D eigenvalue weighted by Crippen LogP contribution is 2.50. The molecule has 164 valence electrons. The molecule has 5 nitrogen and oxygen atoms in total. The van der Waals surface area contributed by atoms with Gasteiger partial charge in [-0.1, -0.05) is 43.7 Å². The molecule has 1 aliphatic carbocycles. The monoisotopic (exact) mass is 422 g/mol. The Kier molecular flexibility index (Phi) is 6.05. The Labute approximate surface area is 183 Å². The van der Waals surface area contributed by atoms with Gasteiger partial charge in [0.2, 0.25) is 0 Å². The quantitative estimate of drug-likeness (QED) is 0.622. The van der Waals surface area contributed by atoms with Crippen molar-refractivity contribution in [3.05, 3.63) is 70.8 Å². The number of methoxy groups -OCH3 is 1. The molecule has 5 heteroatoms. The van der Waals surface area contributed by atoms with Gasteiger partial charge in [0.1, 0.15) is 6.61 Å². The van der Waals surface area contributed by atoms with Crippen molar-refractivity contribution in [2.45, 2.75) is 33.5 Å². The third-order valence-corrected chi connectivity index (χ3v) is 6.87. The van der Waals surface area contributed by atoms with Gasteiger partial charge in [-0.2, -0.15) is 0 Å². The highest BCUT2D eigenvalue weighted by atomic mass is 16.5. The van der Waals surface area contributed by atoms with Gasteiger partial charge in [-0.3, -0.25) is 0 Å². The van der Waals surface area contributed by atoms with E-state index in [4.69, 9.17) is 19.3 Å². The van der Waals surface area contributed by atoms with Crippen LogP contribution in [0.4, 0.5) is 0 Å². The van der Waals surface area contributed by atoms with Crippen molar-refractivity contribution in [2.24, 2.45) is 23.7 Å². The zero-order valence-electron chi connectivity index (χ0n) is 18.5. The lowest BCUT2D eigenvalue weighted by Crippen LogP contribution is -2.42. The van der Waals surface area contributed by atoms with Crippen LogP contribution >= 0.6 is 0 Å². The van der Waals surface area contributed by atoms with Crippen LogP contribution in [-0.4, -0.2) is 24.8 Å². The van der Waals surface area contributed by atoms with E-state index in [2.05, 4.69) is 32.9 Å². The van der Waals surface area contributed by atoms with E-state index in [0.29, 0.717) is 41.8 Å². The highest BCUT2D eigenvalue weighted by Gasteiger charge is 2.43. The lowest BCUT2D eigenvalue weighted by molar-refractivity contribution is -0.0935. The molecule has 0 saturated carbocycles. The normalized spacial score (nSPS) is 27.4. The second-order valence-electron chi connectivity index (χ2n) is 8.77. The Morgan fingerprint density at radius 3 is 2.55 bits per heavy atom. The van der Waals surface area contributed by atoms with Gasteiger partial charge in [0.05, 0.1) is 25.4 Å². The van der Waals surface area contributed by atoms with E-state index in [-0.39, 0.29) is 11.7 Å². The number of fused-ring (bicyclic) bond motifs is 2. The van der Waals surface area contributed by atoms with Gasteiger partial charge in [-0.25, -0.2) is 4.79 Å². The molecule has 4 rings (SSSR count). The smallest absolute Gasteiger partial charge is 0.335 e. The van der Waals surface area contributed by atoms with E-state index in [9.17, 15) is 4.79 Å². The van der Waals surface area contributed by atoms with Crippen molar-refractivity contribution >= 4 is 5.97 Å². The molecule has 0 aromatic heterocycles. The average Bonchev–Trinajstić information content (AvgIpc) is 2.76. The Morgan fingerprint density at radius 1 is 1.13 bits per heavy atom. The largest absolute Gasteiger partial charge is 0.493 e. The summed E-state index contributed by atoms with van der Waals surface area (Å²) in [6, 6.07) is 12.7. The number of hydrogen-bond donors (Lipinski definition) is 1. The molecular weight excluding hydrogens is 392 g/mol. The average molecular weight is 423 g/mol. The van der Waals surface area contributed by atoms with Crippen molar-refractivity contribution in [3.8, 4) is 11.5 Å². The molecule has 0 amide bonds. The van der Waals surface area contributed by atoms with Crippen LogP contribution in [0.1, 0.15) is 48.4 Å². The lowest BCUT2D eigenvalue weighted by atomic mass is 9.64. The molecular formula is C26H30O5. The van der Waals surface area contributed by atoms with Crippen LogP contribution < -0.4 is 9.47 Å². The minimum atomic E-state index is -0.937. The fourth-order valence-corrected chi connectivity index (χ4v) is 5.13. The Hall–Kier alpha value is -2.79. The first-order valence-corrected chi connectivity index (χ1v) is 10.8. The van der Waals surface area contributed by atoms with E-state index in [1.807, 2.05) is 12.1 Å². The molecule has 1 aliphatic heterocycles. The van der Waals surface area contributed by atoms with Gasteiger partial charge < -0.3 is 19.3 Å². The topological polar surface area (TPSA) is 65.0 Å². The third-order valence-electron chi connectivity index (χ3n) is 6.87. The molecule has 5 unspecified atom stereocenters. The molecule has 1 saturated heterocycles. The second-order valence-corrected chi connectivity index (χ2v) is 8.77. The van der Waals surface area contributed by atoms with Crippen LogP contribution in [-0.2, 0) is 11.3 Å². The zero-order valence-corrected chi connectivity index (χ0v) is 18.5. The van der Waals surface area contributed by atoms with Crippen LogP contribution in [0, 0.1) is 23.7 Å². The molecule has 5 atom stereocenters. The number of aromatic carboxylic acids is 1. The molecule has 1 N–H and O–H groups in total. The van der Waals surface area contributed by atoms with Crippen LogP contribution in [0.25, 0.3) is 0 Å². The maximum atomic E-state index is 11.0. The molecule has 0 spiro atoms. The number of carboxylic acid groups (broad SMARTS) is 1. The SMILES string of the molecule is COc1cc(C2OCC3C(C)C=C(C)C2C3C)ccc1OCc1ccc(C(=O)O)cc1. The second kappa shape index (κ2) is 8.75. The van der Waals surface area contributed by atoms with Crippen LogP contribution in [0.5, 0.6) is 11.5 Å². The van der Waals surface area contributed by atoms with Gasteiger partial charge in [-0.15, -0.1) is 0 Å². The number of carbonyl (C=O) groups is 1. The molecule has 2 aliphatic rings. The number of allylic oxidation sites excluding steroid dienone is 1. The molecule has 2 aromatic carbocycles. The van der Waals surface area contributed by atoms with Crippen molar-refractivity contribution in [1.29, 1.82) is 0 Å². The van der Waals surface area contributed by atoms with E-state index in [1.165, 1.54) is 5.57 Å². The molecule has 1 heterocycles. The summed E-state index contributed by atoms with van der Waals surface area (Å²) in [5.41, 5.74) is 3.66. The summed E-state index contributed by atoms with van der Waals surface area (Å²) in [6.07, 6.45) is 2.43. The molecule has 31 heavy (non-hydrogen) atoms. The molecule has 1 fully saturated rings. The summed E-state index contributed by atoms with van der Waals surface area (Å²) in [5.74, 6) is 2.47. The van der Waals surface area contributed by atoms with E-state index in [0.717, 1.165) is 17.7 Å². The maximum absolute atomic E-state index is 11.0. The number of hydrogen-bond acceptors (Lipinski definition) is 4. The van der Waals surface area contributed by atoms with Crippen LogP contribution in [0.15, 0.2) is 54.1 Å². The van der Waals surface area contributed by atoms with E-state index >= 15 is 0 Å². The number of benzene rings is 2. The number of rotatable bonds is 6. The van der Waals surface area contributed by atoms with Crippen molar-refractivity contribution in [2.75, 3.05) is 13.7 Å². The van der Waals surface area contributed by atoms with Gasteiger partial charge in [0.25, 0.3) is 0 Å². The van der Waals surface area contributed by atoms with Gasteiger partial charge in [-0.05, 0) is 60.1 Å². The molecule has 0 radical (unpaired) electrons. The minimum absolute atomic E-state index is 0.0153. The van der Waals surface area contributed by atoms with Gasteiger partial charge >= 0.3 is 5.97 Å². The van der Waals surface area contributed by atoms with Crippen LogP contribution in [0.3, 0.4) is 0 Å². The summed E-state index contributed by atoms with van der Waals surface area (Å²) in [7, 11) is 1.64. The highest BCUT2D eigenvalue weighted by molar-refractivity contribution is 5.87. The standard InChI is InChI=1S/C26H30O5/c1-15-11-16(2)24-17(3)21(15)14-31-25(24)20-9-10-22(23(12-20)29-4)30-13-18-5-7-19(8-6-18)26(27)28/h5-12,15,17,21,24-25H,13-14H2,1-4H3,(H,27,28). The van der Waals surface area contributed by atoms with Crippen molar-refractivity contribution in [1.82, 2.24) is 0 Å². The van der Waals surface area contributed by atoms with Crippen molar-refractivity contribution in [3.63, 3.8) is 0 Å². The summed E-state index contributed by atoms with van der Waals surface area (Å²) in [6.45, 7) is 7.97. The lowest BCUT2D eigenvalue weighted by Gasteiger charge is -2.47. The third kappa shape index (κ3) is 4.19. The molecule has 2 aromatic rings. The first-order valence-electron chi connectivity index (χ1n) is 10.8. The summed E-state index contributed by atoms with van der Waals surface area (Å²) < 4.78 is 17.9. The summed E-state index contributed by atoms with van der Waals surface area (Å²) in [4.78, 5) is 11.0. The van der Waals surface area contributed by atoms with Crippen LogP contribution in [0.2, 0.25) is 0 Å². The number of ether oxygens (including phenoxy) is 3. The Bertz CT molecular complexity index is 978. The van der Waals surface area contributed by atoms with E-state index < -0.39 is 5.97 Å². The fraction of sp³-hybridized carbons (Fsp3) is 0.423. The Morgan fingerprint density at radius 2 is 1.87 bits per heavy atom. The predicted molar refractivity (Wildman–Crippen MR) is 118 cm³/mol. The first-order chi connectivity index (χ1) is 14.9. The minimum Gasteiger partial charge on any atom is -0.493 e. The van der Waals surface area contributed by atoms with Gasteiger partial charge in [0, 0.05) is 5.92 Å². The zero-order chi connectivity index (χ0) is 22.1. The molecule has 2 bridgehead atoms. The maximum Gasteiger partial charge on any atom is 0.335 e. The first kappa shape index (κ1) is 21.4. The summed E-state index contributed by atoms with van der Waals surface area (Å²) >= 11 is 0. The number of carboxylic acids is 1. The van der Waals surface area contributed by atoms with Crippen molar-refractivity contribution < 1.29 is 24.1 Å². The van der Waals surface area contributed by atoms with E-state index in [1.54, 1.807) is 31.4 Å². The predicted octanol–water partition coefficient (Wildman–Crippen LogP) is 5.51. The van der Waals surface area contributed by atoms with Gasteiger partial charge in [0.15, 0.2) is 11.5 Å².